The minimum atomic E-state index is -2.97. The summed E-state index contributed by atoms with van der Waals surface area (Å²) in [5.74, 6) is 0.206. The third-order valence-electron chi connectivity index (χ3n) is 2.42. The van der Waals surface area contributed by atoms with Crippen LogP contribution in [-0.2, 0) is 16.4 Å². The first-order valence-electron chi connectivity index (χ1n) is 5.89. The maximum Gasteiger partial charge on any atom is 0.387 e. The number of hydrogen-bond acceptors (Lipinski definition) is 4. The van der Waals surface area contributed by atoms with Crippen molar-refractivity contribution in [1.29, 1.82) is 0 Å². The fraction of sp³-hybridized carbons (Fsp3) is 0.500. The van der Waals surface area contributed by atoms with Gasteiger partial charge in [-0.3, -0.25) is 0 Å². The third kappa shape index (κ3) is 7.16. The predicted octanol–water partition coefficient (Wildman–Crippen LogP) is 2.57. The normalized spacial score (nSPS) is 11.8. The lowest BCUT2D eigenvalue weighted by Crippen LogP contribution is -2.18. The first-order valence-corrected chi connectivity index (χ1v) is 8.75. The van der Waals surface area contributed by atoms with Crippen molar-refractivity contribution in [2.45, 2.75) is 19.6 Å². The highest BCUT2D eigenvalue weighted by atomic mass is 79.9. The van der Waals surface area contributed by atoms with Crippen molar-refractivity contribution in [2.24, 2.45) is 0 Å². The number of benzene rings is 1. The Balaban J connectivity index is 2.51. The van der Waals surface area contributed by atoms with E-state index in [2.05, 4.69) is 26.0 Å². The number of halogens is 3. The van der Waals surface area contributed by atoms with Crippen molar-refractivity contribution in [3.63, 3.8) is 0 Å². The Kier molecular flexibility index (Phi) is 6.84. The Morgan fingerprint density at radius 3 is 2.70 bits per heavy atom. The summed E-state index contributed by atoms with van der Waals surface area (Å²) in [5, 5.41) is 3.00. The van der Waals surface area contributed by atoms with Gasteiger partial charge in [0.1, 0.15) is 15.6 Å². The van der Waals surface area contributed by atoms with Crippen LogP contribution in [0.5, 0.6) is 5.75 Å². The van der Waals surface area contributed by atoms with Gasteiger partial charge in [0.15, 0.2) is 0 Å². The largest absolute Gasteiger partial charge is 0.434 e. The van der Waals surface area contributed by atoms with Crippen LogP contribution in [0, 0.1) is 0 Å². The topological polar surface area (TPSA) is 55.4 Å². The number of rotatable bonds is 8. The second-order valence-electron chi connectivity index (χ2n) is 4.29. The first kappa shape index (κ1) is 17.3. The van der Waals surface area contributed by atoms with E-state index in [0.29, 0.717) is 25.1 Å². The SMILES string of the molecule is CS(=O)(=O)CCCNCc1cc(Br)ccc1OC(F)F. The molecule has 0 radical (unpaired) electrons. The molecule has 0 aliphatic rings. The Bertz CT molecular complexity index is 538. The Hall–Kier alpha value is -0.730. The van der Waals surface area contributed by atoms with E-state index in [0.717, 1.165) is 4.47 Å². The van der Waals surface area contributed by atoms with Crippen LogP contribution >= 0.6 is 15.9 Å². The van der Waals surface area contributed by atoms with Crippen molar-refractivity contribution in [1.82, 2.24) is 5.32 Å². The molecule has 0 fully saturated rings. The molecule has 0 aromatic heterocycles. The summed E-state index contributed by atoms with van der Waals surface area (Å²) in [6.07, 6.45) is 1.65. The Morgan fingerprint density at radius 1 is 1.40 bits per heavy atom. The standard InChI is InChI=1S/C12H16BrF2NO3S/c1-20(17,18)6-2-5-16-8-9-7-10(13)3-4-11(9)19-12(14)15/h3-4,7,12,16H,2,5-6,8H2,1H3. The second kappa shape index (κ2) is 7.90. The molecule has 114 valence electrons. The summed E-state index contributed by atoms with van der Waals surface area (Å²) < 4.78 is 51.6. The number of alkyl halides is 2. The van der Waals surface area contributed by atoms with E-state index in [-0.39, 0.29) is 11.5 Å². The van der Waals surface area contributed by atoms with Crippen LogP contribution in [0.2, 0.25) is 0 Å². The predicted molar refractivity (Wildman–Crippen MR) is 76.8 cm³/mol. The minimum absolute atomic E-state index is 0.0961. The molecule has 0 aliphatic carbocycles. The average molecular weight is 372 g/mol. The third-order valence-corrected chi connectivity index (χ3v) is 3.95. The second-order valence-corrected chi connectivity index (χ2v) is 7.47. The summed E-state index contributed by atoms with van der Waals surface area (Å²) in [6.45, 7) is -2.07. The molecule has 0 heterocycles. The van der Waals surface area contributed by atoms with E-state index in [9.17, 15) is 17.2 Å². The van der Waals surface area contributed by atoms with Crippen LogP contribution in [-0.4, -0.2) is 33.6 Å². The van der Waals surface area contributed by atoms with Gasteiger partial charge in [0.25, 0.3) is 0 Å². The molecule has 0 bridgehead atoms. The molecule has 1 N–H and O–H groups in total. The minimum Gasteiger partial charge on any atom is -0.434 e. The number of nitrogens with one attached hydrogen (secondary N) is 1. The summed E-state index contributed by atoms with van der Waals surface area (Å²) >= 11 is 3.26. The van der Waals surface area contributed by atoms with Gasteiger partial charge in [0.2, 0.25) is 0 Å². The molecular formula is C12H16BrF2NO3S. The lowest BCUT2D eigenvalue weighted by molar-refractivity contribution is -0.0505. The zero-order valence-corrected chi connectivity index (χ0v) is 13.3. The quantitative estimate of drug-likeness (QED) is 0.713. The van der Waals surface area contributed by atoms with Crippen molar-refractivity contribution in [3.05, 3.63) is 28.2 Å². The summed E-state index contributed by atoms with van der Waals surface area (Å²) in [6, 6.07) is 4.76. The first-order chi connectivity index (χ1) is 9.28. The van der Waals surface area contributed by atoms with Crippen LogP contribution in [0.4, 0.5) is 8.78 Å². The molecule has 0 aliphatic heterocycles. The molecule has 0 amide bonds. The zero-order valence-electron chi connectivity index (χ0n) is 10.9. The van der Waals surface area contributed by atoms with Gasteiger partial charge < -0.3 is 10.1 Å². The molecule has 1 aromatic rings. The van der Waals surface area contributed by atoms with Gasteiger partial charge in [-0.2, -0.15) is 8.78 Å². The highest BCUT2D eigenvalue weighted by Crippen LogP contribution is 2.24. The molecule has 0 saturated heterocycles. The average Bonchev–Trinajstić information content (AvgIpc) is 2.30. The van der Waals surface area contributed by atoms with Crippen molar-refractivity contribution >= 4 is 25.8 Å². The maximum absolute atomic E-state index is 12.3. The van der Waals surface area contributed by atoms with Gasteiger partial charge in [0.05, 0.1) is 5.75 Å². The summed E-state index contributed by atoms with van der Waals surface area (Å²) in [5.41, 5.74) is 0.582. The number of ether oxygens (including phenoxy) is 1. The number of hydrogen-bond donors (Lipinski definition) is 1. The van der Waals surface area contributed by atoms with Crippen LogP contribution in [0.25, 0.3) is 0 Å². The van der Waals surface area contributed by atoms with E-state index in [1.165, 1.54) is 12.3 Å². The van der Waals surface area contributed by atoms with Gasteiger partial charge in [-0.1, -0.05) is 15.9 Å². The fourth-order valence-corrected chi connectivity index (χ4v) is 2.66. The summed E-state index contributed by atoms with van der Waals surface area (Å²) in [4.78, 5) is 0. The van der Waals surface area contributed by atoms with Crippen LogP contribution in [0.15, 0.2) is 22.7 Å². The highest BCUT2D eigenvalue weighted by molar-refractivity contribution is 9.10. The molecule has 8 heteroatoms. The van der Waals surface area contributed by atoms with Gasteiger partial charge in [0, 0.05) is 22.8 Å². The number of sulfone groups is 1. The van der Waals surface area contributed by atoms with E-state index in [1.807, 2.05) is 0 Å². The van der Waals surface area contributed by atoms with E-state index in [4.69, 9.17) is 0 Å². The fourth-order valence-electron chi connectivity index (χ4n) is 1.58. The highest BCUT2D eigenvalue weighted by Gasteiger charge is 2.10. The zero-order chi connectivity index (χ0) is 15.2. The molecule has 0 saturated carbocycles. The van der Waals surface area contributed by atoms with Gasteiger partial charge in [-0.15, -0.1) is 0 Å². The molecule has 0 unspecified atom stereocenters. The summed E-state index contributed by atoms with van der Waals surface area (Å²) in [7, 11) is -2.97. The molecule has 0 atom stereocenters. The molecule has 0 spiro atoms. The van der Waals surface area contributed by atoms with Crippen molar-refractivity contribution in [3.8, 4) is 5.75 Å². The van der Waals surface area contributed by atoms with Gasteiger partial charge >= 0.3 is 6.61 Å². The van der Waals surface area contributed by atoms with Crippen LogP contribution in [0.3, 0.4) is 0 Å². The Morgan fingerprint density at radius 2 is 2.10 bits per heavy atom. The molecule has 1 aromatic carbocycles. The van der Waals surface area contributed by atoms with Crippen molar-refractivity contribution in [2.75, 3.05) is 18.6 Å². The van der Waals surface area contributed by atoms with E-state index in [1.54, 1.807) is 12.1 Å². The lowest BCUT2D eigenvalue weighted by atomic mass is 10.2. The van der Waals surface area contributed by atoms with Gasteiger partial charge in [-0.05, 0) is 31.2 Å². The van der Waals surface area contributed by atoms with E-state index >= 15 is 0 Å². The molecule has 4 nitrogen and oxygen atoms in total. The monoisotopic (exact) mass is 371 g/mol. The molecule has 1 rings (SSSR count). The van der Waals surface area contributed by atoms with Crippen molar-refractivity contribution < 1.29 is 21.9 Å². The maximum atomic E-state index is 12.3. The van der Waals surface area contributed by atoms with E-state index < -0.39 is 16.4 Å². The Labute approximate surface area is 125 Å². The van der Waals surface area contributed by atoms with Crippen LogP contribution in [0.1, 0.15) is 12.0 Å². The molecular weight excluding hydrogens is 356 g/mol. The van der Waals surface area contributed by atoms with Gasteiger partial charge in [-0.25, -0.2) is 8.42 Å². The molecule has 20 heavy (non-hydrogen) atoms. The van der Waals surface area contributed by atoms with Crippen LogP contribution < -0.4 is 10.1 Å². The smallest absolute Gasteiger partial charge is 0.387 e. The lowest BCUT2D eigenvalue weighted by Gasteiger charge is -2.12.